The van der Waals surface area contributed by atoms with Crippen LogP contribution in [0.3, 0.4) is 0 Å². The summed E-state index contributed by atoms with van der Waals surface area (Å²) in [5, 5.41) is 11.7. The molecule has 1 amide bonds. The summed E-state index contributed by atoms with van der Waals surface area (Å²) >= 11 is 6.07. The van der Waals surface area contributed by atoms with E-state index in [0.717, 1.165) is 12.8 Å². The van der Waals surface area contributed by atoms with Gasteiger partial charge in [0.05, 0.1) is 10.6 Å². The van der Waals surface area contributed by atoms with Crippen LogP contribution in [0, 0.1) is 0 Å². The number of carboxylic acids is 1. The molecule has 0 radical (unpaired) electrons. The van der Waals surface area contributed by atoms with Crippen LogP contribution in [0.15, 0.2) is 12.3 Å². The number of aromatic carboxylic acids is 1. The predicted molar refractivity (Wildman–Crippen MR) is 70.6 cm³/mol. The zero-order valence-corrected chi connectivity index (χ0v) is 11.1. The number of carbonyl (C=O) groups is 2. The summed E-state index contributed by atoms with van der Waals surface area (Å²) in [6, 6.07) is 1.05. The quantitative estimate of drug-likeness (QED) is 0.869. The van der Waals surface area contributed by atoms with Crippen LogP contribution in [-0.4, -0.2) is 41.6 Å². The largest absolute Gasteiger partial charge is 0.478 e. The van der Waals surface area contributed by atoms with Gasteiger partial charge in [-0.25, -0.2) is 9.78 Å². The normalized spacial score (nSPS) is 18.4. The molecule has 2 heterocycles. The lowest BCUT2D eigenvalue weighted by molar-refractivity contribution is -0.121. The van der Waals surface area contributed by atoms with Gasteiger partial charge in [-0.3, -0.25) is 4.79 Å². The first-order valence-electron chi connectivity index (χ1n) is 5.91. The number of carbonyl (C=O) groups excluding carboxylic acids is 1. The smallest absolute Gasteiger partial charge is 0.337 e. The third kappa shape index (κ3) is 2.63. The summed E-state index contributed by atoms with van der Waals surface area (Å²) in [5.74, 6) is -0.708. The van der Waals surface area contributed by atoms with Gasteiger partial charge in [0.15, 0.2) is 0 Å². The van der Waals surface area contributed by atoms with Crippen LogP contribution in [0.5, 0.6) is 0 Å². The molecule has 19 heavy (non-hydrogen) atoms. The fourth-order valence-corrected chi connectivity index (χ4v) is 2.49. The van der Waals surface area contributed by atoms with Crippen molar-refractivity contribution in [3.8, 4) is 0 Å². The molecule has 2 rings (SSSR count). The Morgan fingerprint density at radius 1 is 1.58 bits per heavy atom. The molecule has 1 atom stereocenters. The van der Waals surface area contributed by atoms with Crippen LogP contribution in [0.4, 0.5) is 5.82 Å². The molecule has 2 N–H and O–H groups in total. The second kappa shape index (κ2) is 5.44. The monoisotopic (exact) mass is 283 g/mol. The number of pyridine rings is 1. The molecule has 1 saturated heterocycles. The third-order valence-electron chi connectivity index (χ3n) is 3.14. The molecule has 6 nitrogen and oxygen atoms in total. The molecule has 102 valence electrons. The molecule has 1 aliphatic rings. The molecule has 1 aromatic heterocycles. The second-order valence-corrected chi connectivity index (χ2v) is 4.71. The molecule has 0 bridgehead atoms. The fourth-order valence-electron chi connectivity index (χ4n) is 2.22. The van der Waals surface area contributed by atoms with Gasteiger partial charge in [-0.2, -0.15) is 0 Å². The Bertz CT molecular complexity index is 521. The van der Waals surface area contributed by atoms with Gasteiger partial charge < -0.3 is 15.3 Å². The molecule has 0 saturated carbocycles. The summed E-state index contributed by atoms with van der Waals surface area (Å²) in [6.07, 6.45) is 2.86. The van der Waals surface area contributed by atoms with E-state index in [1.807, 2.05) is 4.90 Å². The van der Waals surface area contributed by atoms with Crippen molar-refractivity contribution in [3.63, 3.8) is 0 Å². The maximum absolute atomic E-state index is 11.8. The molecular weight excluding hydrogens is 270 g/mol. The molecule has 0 aliphatic carbocycles. The highest BCUT2D eigenvalue weighted by atomic mass is 35.5. The number of hydrogen-bond acceptors (Lipinski definition) is 4. The van der Waals surface area contributed by atoms with Gasteiger partial charge >= 0.3 is 5.97 Å². The molecule has 1 aliphatic heterocycles. The molecular formula is C12H14ClN3O3. The summed E-state index contributed by atoms with van der Waals surface area (Å²) in [6.45, 7) is 0.678. The standard InChI is InChI=1S/C12H14ClN3O3/c1-14-11(17)9-3-2-4-16(9)10-8(13)5-7(6-15-10)12(18)19/h5-6,9H,2-4H2,1H3,(H,14,17)(H,18,19). The Morgan fingerprint density at radius 3 is 2.89 bits per heavy atom. The summed E-state index contributed by atoms with van der Waals surface area (Å²) < 4.78 is 0. The SMILES string of the molecule is CNC(=O)C1CCCN1c1ncc(C(=O)O)cc1Cl. The summed E-state index contributed by atoms with van der Waals surface area (Å²) in [5.41, 5.74) is 0.0319. The number of halogens is 1. The maximum atomic E-state index is 11.8. The van der Waals surface area contributed by atoms with Crippen molar-refractivity contribution < 1.29 is 14.7 Å². The lowest BCUT2D eigenvalue weighted by Gasteiger charge is -2.25. The highest BCUT2D eigenvalue weighted by Crippen LogP contribution is 2.30. The van der Waals surface area contributed by atoms with Gasteiger partial charge in [0.25, 0.3) is 0 Å². The average Bonchev–Trinajstić information content (AvgIpc) is 2.86. The number of nitrogens with zero attached hydrogens (tertiary/aromatic N) is 2. The van der Waals surface area contributed by atoms with E-state index in [0.29, 0.717) is 12.4 Å². The first-order chi connectivity index (χ1) is 9.04. The van der Waals surface area contributed by atoms with Crippen LogP contribution in [0.25, 0.3) is 0 Å². The lowest BCUT2D eigenvalue weighted by Crippen LogP contribution is -2.42. The Hall–Kier alpha value is -1.82. The Labute approximate surface area is 115 Å². The average molecular weight is 284 g/mol. The lowest BCUT2D eigenvalue weighted by atomic mass is 10.2. The number of nitrogens with one attached hydrogen (secondary N) is 1. The number of amides is 1. The number of anilines is 1. The van der Waals surface area contributed by atoms with Gasteiger partial charge in [0, 0.05) is 19.8 Å². The maximum Gasteiger partial charge on any atom is 0.337 e. The number of carboxylic acid groups (broad SMARTS) is 1. The zero-order valence-electron chi connectivity index (χ0n) is 10.4. The highest BCUT2D eigenvalue weighted by Gasteiger charge is 2.32. The number of aromatic nitrogens is 1. The first kappa shape index (κ1) is 13.6. The van der Waals surface area contributed by atoms with Crippen molar-refractivity contribution in [1.82, 2.24) is 10.3 Å². The first-order valence-corrected chi connectivity index (χ1v) is 6.29. The highest BCUT2D eigenvalue weighted by molar-refractivity contribution is 6.33. The van der Waals surface area contributed by atoms with Crippen molar-refractivity contribution in [3.05, 3.63) is 22.8 Å². The minimum Gasteiger partial charge on any atom is -0.478 e. The van der Waals surface area contributed by atoms with E-state index in [2.05, 4.69) is 10.3 Å². The Morgan fingerprint density at radius 2 is 2.32 bits per heavy atom. The van der Waals surface area contributed by atoms with E-state index < -0.39 is 5.97 Å². The summed E-state index contributed by atoms with van der Waals surface area (Å²) in [7, 11) is 1.58. The van der Waals surface area contributed by atoms with Crippen molar-refractivity contribution in [2.75, 3.05) is 18.5 Å². The molecule has 1 fully saturated rings. The topological polar surface area (TPSA) is 82.5 Å². The van der Waals surface area contributed by atoms with Crippen molar-refractivity contribution in [1.29, 1.82) is 0 Å². The van der Waals surface area contributed by atoms with Crippen LogP contribution in [-0.2, 0) is 4.79 Å². The van der Waals surface area contributed by atoms with Crippen molar-refractivity contribution in [2.24, 2.45) is 0 Å². The molecule has 0 spiro atoms. The second-order valence-electron chi connectivity index (χ2n) is 4.30. The van der Waals surface area contributed by atoms with Crippen LogP contribution in [0.1, 0.15) is 23.2 Å². The van der Waals surface area contributed by atoms with Gasteiger partial charge in [0.1, 0.15) is 11.9 Å². The molecule has 0 aromatic carbocycles. The number of hydrogen-bond donors (Lipinski definition) is 2. The number of likely N-dealkylation sites (N-methyl/N-ethyl adjacent to an activating group) is 1. The van der Waals surface area contributed by atoms with Crippen molar-refractivity contribution >= 4 is 29.3 Å². The molecule has 7 heteroatoms. The Balaban J connectivity index is 2.31. The van der Waals surface area contributed by atoms with E-state index in [-0.39, 0.29) is 22.5 Å². The fraction of sp³-hybridized carbons (Fsp3) is 0.417. The summed E-state index contributed by atoms with van der Waals surface area (Å²) in [4.78, 5) is 28.5. The molecule has 1 unspecified atom stereocenters. The van der Waals surface area contributed by atoms with E-state index in [1.165, 1.54) is 12.3 Å². The van der Waals surface area contributed by atoms with E-state index in [1.54, 1.807) is 7.05 Å². The van der Waals surface area contributed by atoms with Crippen molar-refractivity contribution in [2.45, 2.75) is 18.9 Å². The van der Waals surface area contributed by atoms with Gasteiger partial charge in [-0.1, -0.05) is 11.6 Å². The minimum absolute atomic E-state index is 0.0319. The van der Waals surface area contributed by atoms with Crippen LogP contribution in [0.2, 0.25) is 5.02 Å². The van der Waals surface area contributed by atoms with Gasteiger partial charge in [-0.15, -0.1) is 0 Å². The van der Waals surface area contributed by atoms with Gasteiger partial charge in [-0.05, 0) is 18.9 Å². The third-order valence-corrected chi connectivity index (χ3v) is 3.42. The van der Waals surface area contributed by atoms with Crippen LogP contribution >= 0.6 is 11.6 Å². The molecule has 1 aromatic rings. The van der Waals surface area contributed by atoms with E-state index in [4.69, 9.17) is 16.7 Å². The zero-order chi connectivity index (χ0) is 14.0. The predicted octanol–water partition coefficient (Wildman–Crippen LogP) is 1.15. The van der Waals surface area contributed by atoms with E-state index in [9.17, 15) is 9.59 Å². The minimum atomic E-state index is -1.08. The van der Waals surface area contributed by atoms with Gasteiger partial charge in [0.2, 0.25) is 5.91 Å². The Kier molecular flexibility index (Phi) is 3.90. The van der Waals surface area contributed by atoms with Crippen LogP contribution < -0.4 is 10.2 Å². The number of rotatable bonds is 3. The van der Waals surface area contributed by atoms with E-state index >= 15 is 0 Å².